The number of hydrogen-bond acceptors (Lipinski definition) is 4. The van der Waals surface area contributed by atoms with Gasteiger partial charge < -0.3 is 14.4 Å². The maximum absolute atomic E-state index is 12.7. The Morgan fingerprint density at radius 3 is 2.63 bits per heavy atom. The Labute approximate surface area is 158 Å². The van der Waals surface area contributed by atoms with Crippen molar-refractivity contribution in [2.75, 3.05) is 19.6 Å². The number of benzene rings is 1. The summed E-state index contributed by atoms with van der Waals surface area (Å²) in [5.41, 5.74) is 1.73. The van der Waals surface area contributed by atoms with Gasteiger partial charge in [0.25, 0.3) is 5.91 Å². The van der Waals surface area contributed by atoms with Crippen LogP contribution in [-0.2, 0) is 11.3 Å². The van der Waals surface area contributed by atoms with E-state index in [1.807, 2.05) is 35.5 Å². The standard InChI is InChI=1S/C20H23N5O2/c26-18(12-24-11-15-3-1-2-4-17(15)20(24)27)23-9-7-14(8-10-23)19-22-21-13-25(19)16-5-6-16/h1-4,13-14,16H,5-12H2. The van der Waals surface area contributed by atoms with E-state index in [0.29, 0.717) is 18.5 Å². The molecule has 1 aliphatic carbocycles. The number of carbonyl (C=O) groups excluding carboxylic acids is 2. The van der Waals surface area contributed by atoms with Gasteiger partial charge >= 0.3 is 0 Å². The van der Waals surface area contributed by atoms with E-state index in [-0.39, 0.29) is 18.4 Å². The molecule has 7 heteroatoms. The molecule has 0 N–H and O–H groups in total. The van der Waals surface area contributed by atoms with Crippen molar-refractivity contribution in [3.05, 3.63) is 47.5 Å². The molecule has 7 nitrogen and oxygen atoms in total. The van der Waals surface area contributed by atoms with E-state index in [2.05, 4.69) is 14.8 Å². The van der Waals surface area contributed by atoms with Crippen LogP contribution < -0.4 is 0 Å². The van der Waals surface area contributed by atoms with Gasteiger partial charge in [0.15, 0.2) is 0 Å². The fraction of sp³-hybridized carbons (Fsp3) is 0.500. The molecule has 140 valence electrons. The van der Waals surface area contributed by atoms with Crippen LogP contribution in [0.5, 0.6) is 0 Å². The Morgan fingerprint density at radius 1 is 1.11 bits per heavy atom. The van der Waals surface area contributed by atoms with Crippen LogP contribution in [-0.4, -0.2) is 56.0 Å². The van der Waals surface area contributed by atoms with Crippen molar-refractivity contribution >= 4 is 11.8 Å². The zero-order valence-corrected chi connectivity index (χ0v) is 15.3. The van der Waals surface area contributed by atoms with E-state index < -0.39 is 0 Å². The number of fused-ring (bicyclic) bond motifs is 1. The molecule has 1 saturated heterocycles. The van der Waals surface area contributed by atoms with E-state index in [0.717, 1.165) is 42.9 Å². The molecule has 1 saturated carbocycles. The second-order valence-electron chi connectivity index (χ2n) is 7.80. The highest BCUT2D eigenvalue weighted by Gasteiger charge is 2.33. The number of carbonyl (C=O) groups is 2. The largest absolute Gasteiger partial charge is 0.341 e. The van der Waals surface area contributed by atoms with Gasteiger partial charge in [0.05, 0.1) is 0 Å². The number of aromatic nitrogens is 3. The zero-order chi connectivity index (χ0) is 18.4. The first-order valence-electron chi connectivity index (χ1n) is 9.75. The first kappa shape index (κ1) is 16.5. The lowest BCUT2D eigenvalue weighted by Gasteiger charge is -2.32. The molecule has 1 aromatic carbocycles. The van der Waals surface area contributed by atoms with Gasteiger partial charge in [0.2, 0.25) is 5.91 Å². The second-order valence-corrected chi connectivity index (χ2v) is 7.80. The average molecular weight is 365 g/mol. The van der Waals surface area contributed by atoms with Crippen molar-refractivity contribution < 1.29 is 9.59 Å². The number of hydrogen-bond donors (Lipinski definition) is 0. The van der Waals surface area contributed by atoms with E-state index >= 15 is 0 Å². The third kappa shape index (κ3) is 3.01. The molecule has 27 heavy (non-hydrogen) atoms. The van der Waals surface area contributed by atoms with Gasteiger partial charge in [-0.15, -0.1) is 10.2 Å². The van der Waals surface area contributed by atoms with Crippen LogP contribution in [0.3, 0.4) is 0 Å². The molecule has 0 radical (unpaired) electrons. The first-order chi connectivity index (χ1) is 13.2. The fourth-order valence-corrected chi connectivity index (χ4v) is 4.27. The fourth-order valence-electron chi connectivity index (χ4n) is 4.27. The summed E-state index contributed by atoms with van der Waals surface area (Å²) in [6.45, 7) is 2.13. The molecule has 5 rings (SSSR count). The topological polar surface area (TPSA) is 71.3 Å². The summed E-state index contributed by atoms with van der Waals surface area (Å²) < 4.78 is 2.22. The smallest absolute Gasteiger partial charge is 0.254 e. The molecule has 2 amide bonds. The minimum absolute atomic E-state index is 0.0358. The maximum atomic E-state index is 12.7. The number of nitrogens with zero attached hydrogens (tertiary/aromatic N) is 5. The van der Waals surface area contributed by atoms with Crippen molar-refractivity contribution in [1.29, 1.82) is 0 Å². The highest BCUT2D eigenvalue weighted by Crippen LogP contribution is 2.38. The van der Waals surface area contributed by atoms with Crippen LogP contribution in [0.4, 0.5) is 0 Å². The van der Waals surface area contributed by atoms with E-state index in [4.69, 9.17) is 0 Å². The summed E-state index contributed by atoms with van der Waals surface area (Å²) in [7, 11) is 0. The molecule has 2 fully saturated rings. The first-order valence-corrected chi connectivity index (χ1v) is 9.75. The summed E-state index contributed by atoms with van der Waals surface area (Å²) in [5.74, 6) is 1.45. The lowest BCUT2D eigenvalue weighted by Crippen LogP contribution is -2.44. The van der Waals surface area contributed by atoms with Crippen molar-refractivity contribution in [3.63, 3.8) is 0 Å². The van der Waals surface area contributed by atoms with Gasteiger partial charge in [-0.2, -0.15) is 0 Å². The molecule has 1 aromatic heterocycles. The molecule has 0 atom stereocenters. The summed E-state index contributed by atoms with van der Waals surface area (Å²) in [5, 5.41) is 8.44. The molecule has 0 unspecified atom stereocenters. The molecule has 2 aliphatic heterocycles. The summed E-state index contributed by atoms with van der Waals surface area (Å²) in [4.78, 5) is 28.7. The molecular formula is C20H23N5O2. The van der Waals surface area contributed by atoms with Crippen LogP contribution in [0.2, 0.25) is 0 Å². The molecule has 2 aromatic rings. The van der Waals surface area contributed by atoms with E-state index in [1.54, 1.807) is 4.90 Å². The molecule has 0 spiro atoms. The Hall–Kier alpha value is -2.70. The zero-order valence-electron chi connectivity index (χ0n) is 15.3. The van der Waals surface area contributed by atoms with Gasteiger partial charge in [-0.1, -0.05) is 18.2 Å². The summed E-state index contributed by atoms with van der Waals surface area (Å²) >= 11 is 0. The predicted octanol–water partition coefficient (Wildman–Crippen LogP) is 1.97. The van der Waals surface area contributed by atoms with Gasteiger partial charge in [-0.05, 0) is 37.3 Å². The van der Waals surface area contributed by atoms with Gasteiger partial charge in [-0.25, -0.2) is 0 Å². The highest BCUT2D eigenvalue weighted by molar-refractivity contribution is 6.00. The molecule has 3 aliphatic rings. The summed E-state index contributed by atoms with van der Waals surface area (Å²) in [6, 6.07) is 8.18. The Balaban J connectivity index is 1.18. The average Bonchev–Trinajstić information content (AvgIpc) is 3.34. The highest BCUT2D eigenvalue weighted by atomic mass is 16.2. The quantitative estimate of drug-likeness (QED) is 0.831. The van der Waals surface area contributed by atoms with Crippen LogP contribution in [0.25, 0.3) is 0 Å². The second kappa shape index (κ2) is 6.48. The maximum Gasteiger partial charge on any atom is 0.254 e. The minimum atomic E-state index is -0.0358. The Kier molecular flexibility index (Phi) is 3.95. The SMILES string of the molecule is O=C(CN1Cc2ccccc2C1=O)N1CCC(c2nncn2C2CC2)CC1. The lowest BCUT2D eigenvalue weighted by molar-refractivity contribution is -0.133. The van der Waals surface area contributed by atoms with Crippen LogP contribution >= 0.6 is 0 Å². The van der Waals surface area contributed by atoms with Crippen molar-refractivity contribution in [2.24, 2.45) is 0 Å². The third-order valence-corrected chi connectivity index (χ3v) is 5.98. The molecular weight excluding hydrogens is 342 g/mol. The Morgan fingerprint density at radius 2 is 1.89 bits per heavy atom. The number of piperidine rings is 1. The lowest BCUT2D eigenvalue weighted by atomic mass is 9.95. The Bertz CT molecular complexity index is 880. The van der Waals surface area contributed by atoms with Crippen molar-refractivity contribution in [2.45, 2.75) is 44.2 Å². The van der Waals surface area contributed by atoms with Gasteiger partial charge in [0.1, 0.15) is 18.7 Å². The predicted molar refractivity (Wildman–Crippen MR) is 98.0 cm³/mol. The van der Waals surface area contributed by atoms with Crippen LogP contribution in [0.1, 0.15) is 59.4 Å². The van der Waals surface area contributed by atoms with Crippen LogP contribution in [0.15, 0.2) is 30.6 Å². The monoisotopic (exact) mass is 365 g/mol. The number of amides is 2. The normalized spacial score (nSPS) is 20.2. The van der Waals surface area contributed by atoms with Gasteiger partial charge in [0, 0.05) is 37.2 Å². The molecule has 0 bridgehead atoms. The minimum Gasteiger partial charge on any atom is -0.341 e. The van der Waals surface area contributed by atoms with Gasteiger partial charge in [-0.3, -0.25) is 9.59 Å². The van der Waals surface area contributed by atoms with Crippen molar-refractivity contribution in [1.82, 2.24) is 24.6 Å². The van der Waals surface area contributed by atoms with E-state index in [1.165, 1.54) is 12.8 Å². The molecule has 3 heterocycles. The third-order valence-electron chi connectivity index (χ3n) is 5.98. The van der Waals surface area contributed by atoms with E-state index in [9.17, 15) is 9.59 Å². The van der Waals surface area contributed by atoms with Crippen molar-refractivity contribution in [3.8, 4) is 0 Å². The summed E-state index contributed by atoms with van der Waals surface area (Å²) in [6.07, 6.45) is 6.10. The number of likely N-dealkylation sites (tertiary alicyclic amines) is 1. The number of rotatable bonds is 4. The van der Waals surface area contributed by atoms with Crippen LogP contribution in [0, 0.1) is 0 Å².